The second-order valence-corrected chi connectivity index (χ2v) is 5.37. The van der Waals surface area contributed by atoms with Crippen LogP contribution in [0.2, 0.25) is 0 Å². The summed E-state index contributed by atoms with van der Waals surface area (Å²) < 4.78 is 0. The number of ketones is 1. The molecule has 1 N–H and O–H groups in total. The molecule has 0 rings (SSSR count). The van der Waals surface area contributed by atoms with Gasteiger partial charge in [-0.2, -0.15) is 0 Å². The summed E-state index contributed by atoms with van der Waals surface area (Å²) in [4.78, 5) is 11.5. The molecule has 0 spiro atoms. The largest absolute Gasteiger partial charge is 0.390 e. The Labute approximate surface area is 87.0 Å². The van der Waals surface area contributed by atoms with Crippen molar-refractivity contribution in [2.24, 2.45) is 5.41 Å². The average molecular weight is 198 g/mol. The van der Waals surface area contributed by atoms with E-state index in [1.807, 2.05) is 32.9 Å². The van der Waals surface area contributed by atoms with Crippen molar-refractivity contribution in [1.82, 2.24) is 0 Å². The predicted octanol–water partition coefficient (Wildman–Crippen LogP) is 2.71. The van der Waals surface area contributed by atoms with Crippen LogP contribution in [-0.4, -0.2) is 16.5 Å². The zero-order valence-corrected chi connectivity index (χ0v) is 9.92. The summed E-state index contributed by atoms with van der Waals surface area (Å²) in [5.41, 5.74) is -0.944. The molecule has 0 aromatic heterocycles. The van der Waals surface area contributed by atoms with E-state index in [1.54, 1.807) is 13.8 Å². The normalized spacial score (nSPS) is 13.6. The highest BCUT2D eigenvalue weighted by Gasteiger charge is 2.19. The van der Waals surface area contributed by atoms with E-state index in [4.69, 9.17) is 0 Å². The molecule has 0 saturated carbocycles. The zero-order chi connectivity index (χ0) is 11.4. The van der Waals surface area contributed by atoms with E-state index >= 15 is 0 Å². The second kappa shape index (κ2) is 4.74. The maximum atomic E-state index is 11.5. The molecule has 0 aromatic carbocycles. The molecule has 0 saturated heterocycles. The highest BCUT2D eigenvalue weighted by Crippen LogP contribution is 2.17. The smallest absolute Gasteiger partial charge is 0.141 e. The monoisotopic (exact) mass is 198 g/mol. The molecule has 0 radical (unpaired) electrons. The first-order valence-corrected chi connectivity index (χ1v) is 5.03. The Kier molecular flexibility index (Phi) is 4.53. The van der Waals surface area contributed by atoms with Gasteiger partial charge in [0.25, 0.3) is 0 Å². The van der Waals surface area contributed by atoms with Gasteiger partial charge in [-0.1, -0.05) is 32.9 Å². The minimum absolute atomic E-state index is 0.226. The lowest BCUT2D eigenvalue weighted by Crippen LogP contribution is -2.19. The molecule has 0 fully saturated rings. The number of carbonyl (C=O) groups excluding carboxylic acids is 1. The highest BCUT2D eigenvalue weighted by molar-refractivity contribution is 5.84. The van der Waals surface area contributed by atoms with Crippen molar-refractivity contribution in [3.8, 4) is 0 Å². The Hall–Kier alpha value is -0.630. The van der Waals surface area contributed by atoms with E-state index < -0.39 is 5.60 Å². The fourth-order valence-corrected chi connectivity index (χ4v) is 0.868. The van der Waals surface area contributed by atoms with Gasteiger partial charge in [0.2, 0.25) is 0 Å². The molecule has 14 heavy (non-hydrogen) atoms. The van der Waals surface area contributed by atoms with Crippen LogP contribution >= 0.6 is 0 Å². The van der Waals surface area contributed by atoms with Crippen LogP contribution in [0.3, 0.4) is 0 Å². The van der Waals surface area contributed by atoms with E-state index in [0.29, 0.717) is 12.8 Å². The van der Waals surface area contributed by atoms with Gasteiger partial charge in [0, 0.05) is 11.8 Å². The first-order valence-electron chi connectivity index (χ1n) is 5.03. The van der Waals surface area contributed by atoms with Crippen molar-refractivity contribution in [2.45, 2.75) is 53.1 Å². The minimum atomic E-state index is -0.679. The summed E-state index contributed by atoms with van der Waals surface area (Å²) in [5, 5.41) is 9.41. The molecule has 82 valence electrons. The number of carbonyl (C=O) groups is 1. The van der Waals surface area contributed by atoms with E-state index in [0.717, 1.165) is 0 Å². The standard InChI is InChI=1S/C12H22O2/c1-11(2,3)10(13)8-6-7-9-12(4,5)14/h6-7,14H,8-9H2,1-5H3/b7-6+. The SMILES string of the molecule is CC(C)(O)C/C=C/CC(=O)C(C)(C)C. The molecule has 0 atom stereocenters. The van der Waals surface area contributed by atoms with Gasteiger partial charge in [-0.15, -0.1) is 0 Å². The maximum absolute atomic E-state index is 11.5. The predicted molar refractivity (Wildman–Crippen MR) is 59.1 cm³/mol. The van der Waals surface area contributed by atoms with Gasteiger partial charge < -0.3 is 5.11 Å². The Morgan fingerprint density at radius 1 is 1.14 bits per heavy atom. The fraction of sp³-hybridized carbons (Fsp3) is 0.750. The summed E-state index contributed by atoms with van der Waals surface area (Å²) in [6.45, 7) is 9.25. The van der Waals surface area contributed by atoms with Gasteiger partial charge in [0.1, 0.15) is 5.78 Å². The number of rotatable bonds is 4. The quantitative estimate of drug-likeness (QED) is 0.705. The third-order valence-corrected chi connectivity index (χ3v) is 1.92. The highest BCUT2D eigenvalue weighted by atomic mass is 16.3. The lowest BCUT2D eigenvalue weighted by atomic mass is 9.89. The summed E-state index contributed by atoms with van der Waals surface area (Å²) >= 11 is 0. The number of aliphatic hydroxyl groups is 1. The molecular formula is C12H22O2. The Balaban J connectivity index is 3.91. The summed E-state index contributed by atoms with van der Waals surface area (Å²) in [6, 6.07) is 0. The molecule has 0 aromatic rings. The van der Waals surface area contributed by atoms with E-state index in [9.17, 15) is 9.90 Å². The van der Waals surface area contributed by atoms with E-state index in [2.05, 4.69) is 0 Å². The fourth-order valence-electron chi connectivity index (χ4n) is 0.868. The number of allylic oxidation sites excluding steroid dienone is 1. The number of Topliss-reactive ketones (excluding diaryl/α,β-unsaturated/α-hetero) is 1. The second-order valence-electron chi connectivity index (χ2n) is 5.37. The molecular weight excluding hydrogens is 176 g/mol. The summed E-state index contributed by atoms with van der Waals surface area (Å²) in [7, 11) is 0. The van der Waals surface area contributed by atoms with Crippen molar-refractivity contribution in [1.29, 1.82) is 0 Å². The van der Waals surface area contributed by atoms with Crippen molar-refractivity contribution in [3.63, 3.8) is 0 Å². The third-order valence-electron chi connectivity index (χ3n) is 1.92. The van der Waals surface area contributed by atoms with Crippen LogP contribution < -0.4 is 0 Å². The topological polar surface area (TPSA) is 37.3 Å². The van der Waals surface area contributed by atoms with E-state index in [-0.39, 0.29) is 11.2 Å². The van der Waals surface area contributed by atoms with Crippen LogP contribution in [0.15, 0.2) is 12.2 Å². The molecule has 0 heterocycles. The van der Waals surface area contributed by atoms with Crippen LogP contribution in [-0.2, 0) is 4.79 Å². The first kappa shape index (κ1) is 13.4. The molecule has 0 aliphatic rings. The molecule has 2 heteroatoms. The van der Waals surface area contributed by atoms with Gasteiger partial charge in [-0.25, -0.2) is 0 Å². The molecule has 0 aliphatic heterocycles. The van der Waals surface area contributed by atoms with Gasteiger partial charge in [0.15, 0.2) is 0 Å². The summed E-state index contributed by atoms with van der Waals surface area (Å²) in [5.74, 6) is 0.226. The van der Waals surface area contributed by atoms with Crippen LogP contribution in [0, 0.1) is 5.41 Å². The van der Waals surface area contributed by atoms with E-state index in [1.165, 1.54) is 0 Å². The minimum Gasteiger partial charge on any atom is -0.390 e. The molecule has 0 amide bonds. The Morgan fingerprint density at radius 3 is 2.00 bits per heavy atom. The van der Waals surface area contributed by atoms with Gasteiger partial charge in [-0.3, -0.25) is 4.79 Å². The Morgan fingerprint density at radius 2 is 1.64 bits per heavy atom. The van der Waals surface area contributed by atoms with Crippen molar-refractivity contribution in [3.05, 3.63) is 12.2 Å². The van der Waals surface area contributed by atoms with Crippen LogP contribution in [0.25, 0.3) is 0 Å². The van der Waals surface area contributed by atoms with Crippen molar-refractivity contribution in [2.75, 3.05) is 0 Å². The number of hydrogen-bond acceptors (Lipinski definition) is 2. The maximum Gasteiger partial charge on any atom is 0.141 e. The molecule has 2 nitrogen and oxygen atoms in total. The van der Waals surface area contributed by atoms with Crippen molar-refractivity contribution >= 4 is 5.78 Å². The van der Waals surface area contributed by atoms with Gasteiger partial charge >= 0.3 is 0 Å². The Bertz CT molecular complexity index is 213. The van der Waals surface area contributed by atoms with Crippen LogP contribution in [0.4, 0.5) is 0 Å². The zero-order valence-electron chi connectivity index (χ0n) is 9.92. The number of hydrogen-bond donors (Lipinski definition) is 1. The lowest BCUT2D eigenvalue weighted by Gasteiger charge is -2.15. The third kappa shape index (κ3) is 6.84. The molecule has 0 aliphatic carbocycles. The summed E-state index contributed by atoms with van der Waals surface area (Å²) in [6.07, 6.45) is 4.75. The van der Waals surface area contributed by atoms with Gasteiger partial charge in [-0.05, 0) is 20.3 Å². The molecule has 0 bridgehead atoms. The average Bonchev–Trinajstić information content (AvgIpc) is 1.93. The van der Waals surface area contributed by atoms with Crippen LogP contribution in [0.5, 0.6) is 0 Å². The van der Waals surface area contributed by atoms with Crippen molar-refractivity contribution < 1.29 is 9.90 Å². The first-order chi connectivity index (χ1) is 6.13. The van der Waals surface area contributed by atoms with Crippen LogP contribution in [0.1, 0.15) is 47.5 Å². The van der Waals surface area contributed by atoms with Gasteiger partial charge in [0.05, 0.1) is 5.60 Å². The molecule has 0 unspecified atom stereocenters. The lowest BCUT2D eigenvalue weighted by molar-refractivity contribution is -0.125.